The zero-order valence-corrected chi connectivity index (χ0v) is 13.6. The summed E-state index contributed by atoms with van der Waals surface area (Å²) in [6.45, 7) is 1.04. The zero-order valence-electron chi connectivity index (χ0n) is 12.7. The van der Waals surface area contributed by atoms with E-state index < -0.39 is 5.97 Å². The minimum Gasteiger partial charge on any atom is -0.544 e. The van der Waals surface area contributed by atoms with Crippen molar-refractivity contribution in [1.82, 2.24) is 0 Å². The standard InChI is InChI=1S/C15H31NO2S/c1-16(2,14-15(17)18)12-10-8-6-4-3-5-7-9-11-13-19/h3-14H2,1-2H3,(H-,17,18,19). The Morgan fingerprint density at radius 3 is 1.74 bits per heavy atom. The molecule has 114 valence electrons. The molecule has 4 heteroatoms. The van der Waals surface area contributed by atoms with Crippen LogP contribution >= 0.6 is 12.6 Å². The number of rotatable bonds is 13. The summed E-state index contributed by atoms with van der Waals surface area (Å²) in [5.41, 5.74) is 0. The lowest BCUT2D eigenvalue weighted by Gasteiger charge is -2.30. The average molecular weight is 289 g/mol. The van der Waals surface area contributed by atoms with Crippen molar-refractivity contribution in [1.29, 1.82) is 0 Å². The molecule has 0 aliphatic carbocycles. The molecule has 0 radical (unpaired) electrons. The first-order valence-corrected chi connectivity index (χ1v) is 8.24. The summed E-state index contributed by atoms with van der Waals surface area (Å²) in [5.74, 6) is 0.0612. The van der Waals surface area contributed by atoms with Gasteiger partial charge in [0, 0.05) is 0 Å². The van der Waals surface area contributed by atoms with Crippen molar-refractivity contribution in [3.05, 3.63) is 0 Å². The van der Waals surface area contributed by atoms with Crippen molar-refractivity contribution in [3.63, 3.8) is 0 Å². The number of carbonyl (C=O) groups is 1. The van der Waals surface area contributed by atoms with Gasteiger partial charge in [-0.1, -0.05) is 38.5 Å². The molecule has 0 unspecified atom stereocenters. The largest absolute Gasteiger partial charge is 0.544 e. The molecule has 0 saturated heterocycles. The second-order valence-electron chi connectivity index (χ2n) is 6.10. The van der Waals surface area contributed by atoms with Gasteiger partial charge in [-0.05, 0) is 25.0 Å². The summed E-state index contributed by atoms with van der Waals surface area (Å²) in [4.78, 5) is 10.6. The maximum Gasteiger partial charge on any atom is 0.119 e. The summed E-state index contributed by atoms with van der Waals surface area (Å²) in [5, 5.41) is 10.6. The van der Waals surface area contributed by atoms with E-state index in [1.165, 1.54) is 51.4 Å². The Balaban J connectivity index is 3.28. The van der Waals surface area contributed by atoms with E-state index in [-0.39, 0.29) is 6.54 Å². The number of carboxylic acids is 1. The van der Waals surface area contributed by atoms with Gasteiger partial charge in [-0.2, -0.15) is 12.6 Å². The third kappa shape index (κ3) is 14.0. The molecule has 0 spiro atoms. The first-order valence-electron chi connectivity index (χ1n) is 7.60. The summed E-state index contributed by atoms with van der Waals surface area (Å²) >= 11 is 4.20. The first-order chi connectivity index (χ1) is 8.98. The molecule has 0 saturated carbocycles. The van der Waals surface area contributed by atoms with E-state index in [9.17, 15) is 9.90 Å². The molecule has 0 aromatic rings. The van der Waals surface area contributed by atoms with Gasteiger partial charge in [0.05, 0.1) is 26.6 Å². The fraction of sp³-hybridized carbons (Fsp3) is 0.933. The molecule has 0 N–H and O–H groups in total. The van der Waals surface area contributed by atoms with E-state index in [0.29, 0.717) is 4.48 Å². The molecule has 0 aromatic carbocycles. The number of quaternary nitrogens is 1. The Bertz CT molecular complexity index is 232. The van der Waals surface area contributed by atoms with Gasteiger partial charge in [0.15, 0.2) is 0 Å². The highest BCUT2D eigenvalue weighted by Gasteiger charge is 2.14. The third-order valence-electron chi connectivity index (χ3n) is 3.48. The van der Waals surface area contributed by atoms with Crippen LogP contribution in [0.2, 0.25) is 0 Å². The van der Waals surface area contributed by atoms with E-state index in [2.05, 4.69) is 12.6 Å². The van der Waals surface area contributed by atoms with E-state index in [4.69, 9.17) is 0 Å². The van der Waals surface area contributed by atoms with Gasteiger partial charge < -0.3 is 14.4 Å². The van der Waals surface area contributed by atoms with Crippen LogP contribution in [0, 0.1) is 0 Å². The number of aliphatic carboxylic acids is 1. The Morgan fingerprint density at radius 2 is 1.32 bits per heavy atom. The minimum atomic E-state index is -0.953. The maximum atomic E-state index is 10.6. The highest BCUT2D eigenvalue weighted by Crippen LogP contribution is 2.11. The Labute approximate surface area is 124 Å². The lowest BCUT2D eigenvalue weighted by Crippen LogP contribution is -2.48. The second-order valence-corrected chi connectivity index (χ2v) is 6.54. The van der Waals surface area contributed by atoms with E-state index >= 15 is 0 Å². The Hall–Kier alpha value is -0.220. The van der Waals surface area contributed by atoms with E-state index in [0.717, 1.165) is 18.7 Å². The van der Waals surface area contributed by atoms with Crippen molar-refractivity contribution in [3.8, 4) is 0 Å². The topological polar surface area (TPSA) is 40.1 Å². The van der Waals surface area contributed by atoms with Crippen molar-refractivity contribution in [2.45, 2.75) is 57.8 Å². The number of carbonyl (C=O) groups excluding carboxylic acids is 1. The molecule has 0 heterocycles. The van der Waals surface area contributed by atoms with Gasteiger partial charge in [-0.25, -0.2) is 0 Å². The smallest absolute Gasteiger partial charge is 0.119 e. The lowest BCUT2D eigenvalue weighted by molar-refractivity contribution is -0.885. The van der Waals surface area contributed by atoms with Gasteiger partial charge in [0.2, 0.25) is 0 Å². The number of hydrogen-bond acceptors (Lipinski definition) is 3. The molecule has 0 aromatic heterocycles. The third-order valence-corrected chi connectivity index (χ3v) is 3.79. The van der Waals surface area contributed by atoms with Gasteiger partial charge in [0.25, 0.3) is 0 Å². The van der Waals surface area contributed by atoms with Gasteiger partial charge in [-0.3, -0.25) is 0 Å². The van der Waals surface area contributed by atoms with Crippen LogP contribution in [-0.4, -0.2) is 43.4 Å². The summed E-state index contributed by atoms with van der Waals surface area (Å²) in [6, 6.07) is 0. The molecule has 3 nitrogen and oxygen atoms in total. The quantitative estimate of drug-likeness (QED) is 0.321. The van der Waals surface area contributed by atoms with Crippen LogP contribution in [0.1, 0.15) is 57.8 Å². The summed E-state index contributed by atoms with van der Waals surface area (Å²) in [6.07, 6.45) is 11.5. The van der Waals surface area contributed by atoms with Crippen molar-refractivity contribution < 1.29 is 14.4 Å². The molecule has 0 aliphatic heterocycles. The van der Waals surface area contributed by atoms with Gasteiger partial charge in [-0.15, -0.1) is 0 Å². The molecule has 0 amide bonds. The van der Waals surface area contributed by atoms with Crippen molar-refractivity contribution in [2.75, 3.05) is 32.9 Å². The maximum absolute atomic E-state index is 10.6. The number of unbranched alkanes of at least 4 members (excludes halogenated alkanes) is 8. The number of thiol groups is 1. The van der Waals surface area contributed by atoms with Crippen LogP contribution < -0.4 is 5.11 Å². The fourth-order valence-electron chi connectivity index (χ4n) is 2.32. The number of carboxylic acid groups (broad SMARTS) is 1. The summed E-state index contributed by atoms with van der Waals surface area (Å²) in [7, 11) is 3.91. The summed E-state index contributed by atoms with van der Waals surface area (Å²) < 4.78 is 0.534. The predicted molar refractivity (Wildman–Crippen MR) is 82.3 cm³/mol. The van der Waals surface area contributed by atoms with Crippen LogP contribution in [0.3, 0.4) is 0 Å². The van der Waals surface area contributed by atoms with Crippen LogP contribution in [0.25, 0.3) is 0 Å². The monoisotopic (exact) mass is 289 g/mol. The van der Waals surface area contributed by atoms with Gasteiger partial charge in [0.1, 0.15) is 6.54 Å². The predicted octanol–water partition coefficient (Wildman–Crippen LogP) is 2.25. The molecular weight excluding hydrogens is 258 g/mol. The number of hydrogen-bond donors (Lipinski definition) is 1. The van der Waals surface area contributed by atoms with Crippen molar-refractivity contribution >= 4 is 18.6 Å². The molecule has 0 aliphatic rings. The first kappa shape index (κ1) is 18.8. The SMILES string of the molecule is C[N+](C)(CCCCCCCCCCCS)CC(=O)[O-]. The van der Waals surface area contributed by atoms with Crippen molar-refractivity contribution in [2.24, 2.45) is 0 Å². The fourth-order valence-corrected chi connectivity index (χ4v) is 2.54. The Morgan fingerprint density at radius 1 is 0.895 bits per heavy atom. The van der Waals surface area contributed by atoms with Crippen LogP contribution in [0.4, 0.5) is 0 Å². The highest BCUT2D eigenvalue weighted by atomic mass is 32.1. The number of likely N-dealkylation sites (N-methyl/N-ethyl adjacent to an activating group) is 1. The van der Waals surface area contributed by atoms with E-state index in [1.54, 1.807) is 0 Å². The second kappa shape index (κ2) is 11.6. The van der Waals surface area contributed by atoms with Crippen LogP contribution in [0.15, 0.2) is 0 Å². The average Bonchev–Trinajstić information content (AvgIpc) is 2.30. The normalized spacial score (nSPS) is 11.7. The molecule has 0 fully saturated rings. The molecule has 19 heavy (non-hydrogen) atoms. The molecule has 0 rings (SSSR count). The highest BCUT2D eigenvalue weighted by molar-refractivity contribution is 7.80. The Kier molecular flexibility index (Phi) is 11.5. The van der Waals surface area contributed by atoms with E-state index in [1.807, 2.05) is 14.1 Å². The zero-order chi connectivity index (χ0) is 14.6. The number of nitrogens with zero attached hydrogens (tertiary/aromatic N) is 1. The van der Waals surface area contributed by atoms with Crippen LogP contribution in [-0.2, 0) is 4.79 Å². The molecule has 0 atom stereocenters. The minimum absolute atomic E-state index is 0.116. The van der Waals surface area contributed by atoms with Gasteiger partial charge >= 0.3 is 0 Å². The van der Waals surface area contributed by atoms with Crippen LogP contribution in [0.5, 0.6) is 0 Å². The molecular formula is C15H31NO2S. The lowest BCUT2D eigenvalue weighted by atomic mass is 10.1. The molecule has 0 bridgehead atoms.